The number of halogens is 2. The number of hydrogen-bond acceptors (Lipinski definition) is 5. The van der Waals surface area contributed by atoms with Gasteiger partial charge in [0.2, 0.25) is 15.8 Å². The zero-order valence-corrected chi connectivity index (χ0v) is 14.4. The van der Waals surface area contributed by atoms with Crippen LogP contribution in [0.1, 0.15) is 28.4 Å². The summed E-state index contributed by atoms with van der Waals surface area (Å²) in [5.41, 5.74) is 0. The summed E-state index contributed by atoms with van der Waals surface area (Å²) >= 11 is 9.97. The zero-order chi connectivity index (χ0) is 15.8. The number of carboxylic acids is 1. The smallest absolute Gasteiger partial charge is 0.371 e. The summed E-state index contributed by atoms with van der Waals surface area (Å²) in [7, 11) is -3.93. The number of carbonyl (C=O) groups is 1. The van der Waals surface area contributed by atoms with Gasteiger partial charge in [-0.15, -0.1) is 11.3 Å². The first-order valence-electron chi connectivity index (χ1n) is 5.51. The van der Waals surface area contributed by atoms with Crippen LogP contribution in [0.2, 0.25) is 4.34 Å². The Hall–Kier alpha value is -0.870. The van der Waals surface area contributed by atoms with Crippen LogP contribution in [0.3, 0.4) is 0 Å². The van der Waals surface area contributed by atoms with E-state index in [1.165, 1.54) is 11.3 Å². The molecule has 0 bridgehead atoms. The number of carboxylic acid groups (broad SMARTS) is 1. The molecule has 0 radical (unpaired) electrons. The first-order chi connectivity index (χ1) is 9.70. The number of nitrogens with one attached hydrogen (secondary N) is 1. The Morgan fingerprint density at radius 3 is 2.67 bits per heavy atom. The maximum Gasteiger partial charge on any atom is 0.371 e. The molecular weight excluding hydrogens is 406 g/mol. The molecule has 0 saturated carbocycles. The SMILES string of the molecule is CC(NS(=O)(=O)c1cc(C(=O)O)oc1Br)c1ccc(Cl)s1. The van der Waals surface area contributed by atoms with E-state index in [2.05, 4.69) is 20.7 Å². The molecule has 2 aromatic heterocycles. The molecule has 0 amide bonds. The van der Waals surface area contributed by atoms with E-state index in [0.717, 1.165) is 10.9 Å². The molecule has 2 heterocycles. The average molecular weight is 415 g/mol. The quantitative estimate of drug-likeness (QED) is 0.780. The fourth-order valence-electron chi connectivity index (χ4n) is 1.56. The van der Waals surface area contributed by atoms with Crippen molar-refractivity contribution in [2.75, 3.05) is 0 Å². The molecule has 0 aliphatic heterocycles. The predicted molar refractivity (Wildman–Crippen MR) is 81.4 cm³/mol. The number of aromatic carboxylic acids is 1. The van der Waals surface area contributed by atoms with Crippen LogP contribution in [0, 0.1) is 0 Å². The topological polar surface area (TPSA) is 96.6 Å². The zero-order valence-electron chi connectivity index (χ0n) is 10.5. The van der Waals surface area contributed by atoms with Gasteiger partial charge in [-0.3, -0.25) is 0 Å². The number of sulfonamides is 1. The molecule has 114 valence electrons. The third-order valence-corrected chi connectivity index (χ3v) is 6.32. The van der Waals surface area contributed by atoms with E-state index in [9.17, 15) is 13.2 Å². The van der Waals surface area contributed by atoms with Crippen LogP contribution < -0.4 is 4.72 Å². The molecule has 2 aromatic rings. The van der Waals surface area contributed by atoms with E-state index >= 15 is 0 Å². The van der Waals surface area contributed by atoms with Crippen molar-refractivity contribution in [2.24, 2.45) is 0 Å². The number of thiophene rings is 1. The minimum Gasteiger partial charge on any atom is -0.475 e. The highest BCUT2D eigenvalue weighted by molar-refractivity contribution is 9.10. The van der Waals surface area contributed by atoms with Crippen molar-refractivity contribution >= 4 is 54.9 Å². The Bertz CT molecular complexity index is 782. The summed E-state index contributed by atoms with van der Waals surface area (Å²) in [6.45, 7) is 1.66. The van der Waals surface area contributed by atoms with Crippen molar-refractivity contribution in [3.05, 3.63) is 37.8 Å². The number of hydrogen-bond donors (Lipinski definition) is 2. The molecule has 21 heavy (non-hydrogen) atoms. The molecule has 0 aliphatic carbocycles. The first kappa shape index (κ1) is 16.5. The minimum atomic E-state index is -3.93. The second-order valence-electron chi connectivity index (χ2n) is 4.04. The standard InChI is InChI=1S/C11H9BrClNO5S2/c1-5(7-2-3-9(13)20-7)14-21(17,18)8-4-6(11(15)16)19-10(8)12/h2-5,14H,1H3,(H,15,16). The van der Waals surface area contributed by atoms with Crippen LogP contribution in [-0.4, -0.2) is 19.5 Å². The lowest BCUT2D eigenvalue weighted by atomic mass is 10.3. The van der Waals surface area contributed by atoms with Gasteiger partial charge in [0, 0.05) is 10.9 Å². The van der Waals surface area contributed by atoms with Gasteiger partial charge < -0.3 is 9.52 Å². The summed E-state index contributed by atoms with van der Waals surface area (Å²) in [5, 5.41) is 8.81. The predicted octanol–water partition coefficient (Wildman–Crippen LogP) is 3.49. The monoisotopic (exact) mass is 413 g/mol. The van der Waals surface area contributed by atoms with Crippen LogP contribution in [0.15, 0.2) is 32.2 Å². The molecule has 0 saturated heterocycles. The molecule has 0 spiro atoms. The first-order valence-corrected chi connectivity index (χ1v) is 8.98. The van der Waals surface area contributed by atoms with E-state index in [4.69, 9.17) is 21.1 Å². The lowest BCUT2D eigenvalue weighted by Crippen LogP contribution is -2.26. The Labute approximate surface area is 137 Å². The Balaban J connectivity index is 2.28. The summed E-state index contributed by atoms with van der Waals surface area (Å²) in [5.74, 6) is -1.82. The van der Waals surface area contributed by atoms with Gasteiger partial charge in [0.1, 0.15) is 4.90 Å². The van der Waals surface area contributed by atoms with Crippen molar-refractivity contribution in [2.45, 2.75) is 17.9 Å². The number of rotatable bonds is 5. The molecule has 2 rings (SSSR count). The molecule has 1 unspecified atom stereocenters. The normalized spacial score (nSPS) is 13.3. The molecule has 0 fully saturated rings. The van der Waals surface area contributed by atoms with E-state index in [0.29, 0.717) is 4.34 Å². The van der Waals surface area contributed by atoms with Gasteiger partial charge in [0.15, 0.2) is 4.67 Å². The molecule has 10 heteroatoms. The van der Waals surface area contributed by atoms with E-state index in [-0.39, 0.29) is 9.56 Å². The highest BCUT2D eigenvalue weighted by Crippen LogP contribution is 2.30. The van der Waals surface area contributed by atoms with E-state index in [1.807, 2.05) is 0 Å². The Morgan fingerprint density at radius 1 is 1.52 bits per heavy atom. The molecule has 2 N–H and O–H groups in total. The Morgan fingerprint density at radius 2 is 2.19 bits per heavy atom. The fraction of sp³-hybridized carbons (Fsp3) is 0.182. The van der Waals surface area contributed by atoms with E-state index < -0.39 is 27.8 Å². The van der Waals surface area contributed by atoms with Gasteiger partial charge in [0.05, 0.1) is 10.4 Å². The number of furan rings is 1. The highest BCUT2D eigenvalue weighted by Gasteiger charge is 2.27. The second-order valence-corrected chi connectivity index (χ2v) is 8.19. The van der Waals surface area contributed by atoms with Gasteiger partial charge in [-0.05, 0) is 35.0 Å². The Kier molecular flexibility index (Phi) is 4.79. The van der Waals surface area contributed by atoms with Crippen LogP contribution in [0.5, 0.6) is 0 Å². The van der Waals surface area contributed by atoms with Crippen LogP contribution in [0.4, 0.5) is 0 Å². The van der Waals surface area contributed by atoms with Crippen molar-refractivity contribution < 1.29 is 22.7 Å². The molecule has 1 atom stereocenters. The largest absolute Gasteiger partial charge is 0.475 e. The fourth-order valence-corrected chi connectivity index (χ4v) is 4.86. The average Bonchev–Trinajstić information content (AvgIpc) is 2.95. The molecule has 0 aromatic carbocycles. The van der Waals surface area contributed by atoms with Gasteiger partial charge in [-0.1, -0.05) is 11.6 Å². The summed E-state index contributed by atoms with van der Waals surface area (Å²) in [4.78, 5) is 11.3. The summed E-state index contributed by atoms with van der Waals surface area (Å²) < 4.78 is 32.2. The molecule has 6 nitrogen and oxygen atoms in total. The van der Waals surface area contributed by atoms with Gasteiger partial charge in [-0.2, -0.15) is 0 Å². The van der Waals surface area contributed by atoms with Crippen molar-refractivity contribution in [3.63, 3.8) is 0 Å². The lowest BCUT2D eigenvalue weighted by Gasteiger charge is -2.11. The lowest BCUT2D eigenvalue weighted by molar-refractivity contribution is 0.0661. The maximum atomic E-state index is 12.3. The highest BCUT2D eigenvalue weighted by atomic mass is 79.9. The van der Waals surface area contributed by atoms with Crippen molar-refractivity contribution in [1.29, 1.82) is 0 Å². The third kappa shape index (κ3) is 3.67. The van der Waals surface area contributed by atoms with E-state index in [1.54, 1.807) is 19.1 Å². The van der Waals surface area contributed by atoms with Crippen molar-refractivity contribution in [1.82, 2.24) is 4.72 Å². The third-order valence-electron chi connectivity index (χ3n) is 2.51. The summed E-state index contributed by atoms with van der Waals surface area (Å²) in [6, 6.07) is 3.82. The minimum absolute atomic E-state index is 0.163. The maximum absolute atomic E-state index is 12.3. The molecule has 0 aliphatic rings. The molecular formula is C11H9BrClNO5S2. The van der Waals surface area contributed by atoms with Gasteiger partial charge in [-0.25, -0.2) is 17.9 Å². The van der Waals surface area contributed by atoms with Gasteiger partial charge >= 0.3 is 5.97 Å². The van der Waals surface area contributed by atoms with Crippen molar-refractivity contribution in [3.8, 4) is 0 Å². The second kappa shape index (κ2) is 6.09. The van der Waals surface area contributed by atoms with Crippen LogP contribution >= 0.6 is 38.9 Å². The summed E-state index contributed by atoms with van der Waals surface area (Å²) in [6.07, 6.45) is 0. The van der Waals surface area contributed by atoms with Crippen LogP contribution in [-0.2, 0) is 10.0 Å². The van der Waals surface area contributed by atoms with Crippen LogP contribution in [0.25, 0.3) is 0 Å². The van der Waals surface area contributed by atoms with Gasteiger partial charge in [0.25, 0.3) is 0 Å².